The third-order valence-electron chi connectivity index (χ3n) is 3.01. The molecule has 2 atom stereocenters. The second-order valence-corrected chi connectivity index (χ2v) is 5.54. The molecule has 96 valence electrons. The van der Waals surface area contributed by atoms with E-state index in [1.807, 2.05) is 0 Å². The average Bonchev–Trinajstić information content (AvgIpc) is 2.60. The van der Waals surface area contributed by atoms with Crippen LogP contribution in [0.25, 0.3) is 0 Å². The van der Waals surface area contributed by atoms with Crippen LogP contribution in [0, 0.1) is 0 Å². The van der Waals surface area contributed by atoms with Gasteiger partial charge in [0.05, 0.1) is 16.5 Å². The number of imide groups is 1. The van der Waals surface area contributed by atoms with Crippen LogP contribution in [0.2, 0.25) is 0 Å². The Morgan fingerprint density at radius 1 is 1.11 bits per heavy atom. The van der Waals surface area contributed by atoms with Crippen molar-refractivity contribution in [2.45, 2.75) is 24.1 Å². The molecule has 1 heterocycles. The SMILES string of the molecule is C[C@H](Cl)[C@H](Cl)CCN1C(=O)c2ccccc2C1=O. The van der Waals surface area contributed by atoms with E-state index in [2.05, 4.69) is 0 Å². The summed E-state index contributed by atoms with van der Waals surface area (Å²) in [6.45, 7) is 2.10. The van der Waals surface area contributed by atoms with E-state index >= 15 is 0 Å². The summed E-state index contributed by atoms with van der Waals surface area (Å²) in [5.41, 5.74) is 0.931. The summed E-state index contributed by atoms with van der Waals surface area (Å²) in [6.07, 6.45) is 0.498. The third-order valence-corrected chi connectivity index (χ3v) is 4.03. The van der Waals surface area contributed by atoms with Gasteiger partial charge in [-0.1, -0.05) is 12.1 Å². The van der Waals surface area contributed by atoms with E-state index in [1.54, 1.807) is 31.2 Å². The first-order valence-electron chi connectivity index (χ1n) is 5.75. The molecule has 1 aliphatic heterocycles. The van der Waals surface area contributed by atoms with Gasteiger partial charge in [0.15, 0.2) is 0 Å². The van der Waals surface area contributed by atoms with E-state index in [0.717, 1.165) is 0 Å². The molecule has 0 bridgehead atoms. The second-order valence-electron chi connectivity index (χ2n) is 4.29. The Hall–Kier alpha value is -1.06. The number of nitrogens with zero attached hydrogens (tertiary/aromatic N) is 1. The van der Waals surface area contributed by atoms with Crippen molar-refractivity contribution in [2.75, 3.05) is 6.54 Å². The lowest BCUT2D eigenvalue weighted by Crippen LogP contribution is -2.32. The molecule has 1 aliphatic rings. The van der Waals surface area contributed by atoms with Crippen LogP contribution in [0.3, 0.4) is 0 Å². The number of hydrogen-bond donors (Lipinski definition) is 0. The standard InChI is InChI=1S/C13H13Cl2NO2/c1-8(14)11(15)6-7-16-12(17)9-4-2-3-5-10(9)13(16)18/h2-5,8,11H,6-7H2,1H3/t8-,11+/m0/s1. The lowest BCUT2D eigenvalue weighted by atomic mass is 10.1. The van der Waals surface area contributed by atoms with Crippen LogP contribution in [-0.2, 0) is 0 Å². The summed E-state index contributed by atoms with van der Waals surface area (Å²) in [7, 11) is 0. The molecule has 0 fully saturated rings. The molecular formula is C13H13Cl2NO2. The van der Waals surface area contributed by atoms with Crippen molar-refractivity contribution < 1.29 is 9.59 Å². The molecule has 0 saturated heterocycles. The van der Waals surface area contributed by atoms with Gasteiger partial charge in [0.2, 0.25) is 0 Å². The van der Waals surface area contributed by atoms with E-state index in [0.29, 0.717) is 24.1 Å². The minimum atomic E-state index is -0.254. The fourth-order valence-corrected chi connectivity index (χ4v) is 2.15. The second kappa shape index (κ2) is 5.29. The molecule has 0 unspecified atom stereocenters. The number of rotatable bonds is 4. The van der Waals surface area contributed by atoms with Crippen LogP contribution in [-0.4, -0.2) is 34.0 Å². The van der Waals surface area contributed by atoms with Crippen molar-refractivity contribution in [1.82, 2.24) is 4.90 Å². The fourth-order valence-electron chi connectivity index (χ4n) is 1.92. The average molecular weight is 286 g/mol. The zero-order valence-electron chi connectivity index (χ0n) is 9.90. The first-order chi connectivity index (χ1) is 8.52. The lowest BCUT2D eigenvalue weighted by molar-refractivity contribution is 0.0652. The summed E-state index contributed by atoms with van der Waals surface area (Å²) < 4.78 is 0. The number of carbonyl (C=O) groups is 2. The number of fused-ring (bicyclic) bond motifs is 1. The van der Waals surface area contributed by atoms with Gasteiger partial charge in [0.1, 0.15) is 0 Å². The fraction of sp³-hybridized carbons (Fsp3) is 0.385. The maximum Gasteiger partial charge on any atom is 0.261 e. The van der Waals surface area contributed by atoms with Gasteiger partial charge in [-0.05, 0) is 25.5 Å². The molecule has 0 saturated carbocycles. The zero-order chi connectivity index (χ0) is 13.3. The molecule has 0 aromatic heterocycles. The largest absolute Gasteiger partial charge is 0.274 e. The predicted octanol–water partition coefficient (Wildman–Crippen LogP) is 2.91. The molecule has 18 heavy (non-hydrogen) atoms. The summed E-state index contributed by atoms with van der Waals surface area (Å²) in [6, 6.07) is 6.83. The molecule has 1 aromatic carbocycles. The highest BCUT2D eigenvalue weighted by molar-refractivity contribution is 6.29. The predicted molar refractivity (Wildman–Crippen MR) is 71.4 cm³/mol. The van der Waals surface area contributed by atoms with Crippen LogP contribution < -0.4 is 0 Å². The molecule has 1 aromatic rings. The Morgan fingerprint density at radius 2 is 1.61 bits per heavy atom. The van der Waals surface area contributed by atoms with Crippen LogP contribution >= 0.6 is 23.2 Å². The topological polar surface area (TPSA) is 37.4 Å². The van der Waals surface area contributed by atoms with E-state index < -0.39 is 0 Å². The summed E-state index contributed by atoms with van der Waals surface area (Å²) >= 11 is 11.9. The smallest absolute Gasteiger partial charge is 0.261 e. The van der Waals surface area contributed by atoms with E-state index in [9.17, 15) is 9.59 Å². The van der Waals surface area contributed by atoms with Gasteiger partial charge in [-0.15, -0.1) is 23.2 Å². The van der Waals surface area contributed by atoms with Gasteiger partial charge in [-0.2, -0.15) is 0 Å². The quantitative estimate of drug-likeness (QED) is 0.630. The van der Waals surface area contributed by atoms with Crippen LogP contribution in [0.1, 0.15) is 34.1 Å². The van der Waals surface area contributed by atoms with Crippen LogP contribution in [0.5, 0.6) is 0 Å². The van der Waals surface area contributed by atoms with Gasteiger partial charge >= 0.3 is 0 Å². The normalized spacial score (nSPS) is 17.8. The highest BCUT2D eigenvalue weighted by Gasteiger charge is 2.35. The highest BCUT2D eigenvalue weighted by atomic mass is 35.5. The Labute approximate surface area is 116 Å². The van der Waals surface area contributed by atoms with Crippen molar-refractivity contribution in [2.24, 2.45) is 0 Å². The van der Waals surface area contributed by atoms with Crippen LogP contribution in [0.15, 0.2) is 24.3 Å². The number of alkyl halides is 2. The minimum Gasteiger partial charge on any atom is -0.274 e. The van der Waals surface area contributed by atoms with Crippen molar-refractivity contribution in [3.8, 4) is 0 Å². The van der Waals surface area contributed by atoms with E-state index in [-0.39, 0.29) is 22.6 Å². The van der Waals surface area contributed by atoms with E-state index in [1.165, 1.54) is 4.90 Å². The molecular weight excluding hydrogens is 273 g/mol. The van der Waals surface area contributed by atoms with Gasteiger partial charge in [0, 0.05) is 11.9 Å². The van der Waals surface area contributed by atoms with Crippen molar-refractivity contribution in [1.29, 1.82) is 0 Å². The number of amides is 2. The lowest BCUT2D eigenvalue weighted by Gasteiger charge is -2.17. The maximum absolute atomic E-state index is 12.0. The Bertz CT molecular complexity index is 453. The summed E-state index contributed by atoms with van der Waals surface area (Å²) in [4.78, 5) is 25.3. The molecule has 3 nitrogen and oxygen atoms in total. The van der Waals surface area contributed by atoms with Gasteiger partial charge in [-0.25, -0.2) is 0 Å². The number of hydrogen-bond acceptors (Lipinski definition) is 2. The van der Waals surface area contributed by atoms with Gasteiger partial charge in [0.25, 0.3) is 11.8 Å². The highest BCUT2D eigenvalue weighted by Crippen LogP contribution is 2.23. The third kappa shape index (κ3) is 2.38. The first kappa shape index (κ1) is 13.4. The van der Waals surface area contributed by atoms with Crippen LogP contribution in [0.4, 0.5) is 0 Å². The molecule has 0 spiro atoms. The van der Waals surface area contributed by atoms with Crippen molar-refractivity contribution in [3.05, 3.63) is 35.4 Å². The zero-order valence-corrected chi connectivity index (χ0v) is 11.4. The molecule has 5 heteroatoms. The monoisotopic (exact) mass is 285 g/mol. The molecule has 0 aliphatic carbocycles. The minimum absolute atomic E-state index is 0.193. The number of benzene rings is 1. The van der Waals surface area contributed by atoms with Gasteiger partial charge < -0.3 is 0 Å². The van der Waals surface area contributed by atoms with Gasteiger partial charge in [-0.3, -0.25) is 14.5 Å². The Kier molecular flexibility index (Phi) is 3.93. The summed E-state index contributed by atoms with van der Waals surface area (Å²) in [5, 5.41) is -0.446. The number of halogens is 2. The first-order valence-corrected chi connectivity index (χ1v) is 6.63. The van der Waals surface area contributed by atoms with Crippen molar-refractivity contribution in [3.63, 3.8) is 0 Å². The van der Waals surface area contributed by atoms with E-state index in [4.69, 9.17) is 23.2 Å². The molecule has 2 amide bonds. The maximum atomic E-state index is 12.0. The summed E-state index contributed by atoms with van der Waals surface area (Å²) in [5.74, 6) is -0.497. The number of carbonyl (C=O) groups excluding carboxylic acids is 2. The van der Waals surface area contributed by atoms with Crippen molar-refractivity contribution >= 4 is 35.0 Å². The molecule has 2 rings (SSSR count). The Balaban J connectivity index is 2.10. The molecule has 0 N–H and O–H groups in total. The Morgan fingerprint density at radius 3 is 2.06 bits per heavy atom. The molecule has 0 radical (unpaired) electrons.